The molecule has 1 aromatic carbocycles. The first-order valence-electron chi connectivity index (χ1n) is 7.50. The monoisotopic (exact) mass is 276 g/mol. The van der Waals surface area contributed by atoms with Crippen LogP contribution in [0.15, 0.2) is 12.1 Å². The van der Waals surface area contributed by atoms with Crippen LogP contribution in [0.4, 0.5) is 0 Å². The maximum Gasteiger partial charge on any atom is 0.161 e. The first-order chi connectivity index (χ1) is 9.81. The Balaban J connectivity index is 1.79. The van der Waals surface area contributed by atoms with Crippen LogP contribution >= 0.6 is 0 Å². The van der Waals surface area contributed by atoms with E-state index in [1.165, 1.54) is 30.5 Å². The van der Waals surface area contributed by atoms with E-state index in [1.807, 2.05) is 0 Å². The Kier molecular flexibility index (Phi) is 4.13. The van der Waals surface area contributed by atoms with Gasteiger partial charge >= 0.3 is 0 Å². The van der Waals surface area contributed by atoms with Gasteiger partial charge in [-0.05, 0) is 49.1 Å². The van der Waals surface area contributed by atoms with Crippen molar-refractivity contribution in [3.63, 3.8) is 0 Å². The van der Waals surface area contributed by atoms with Gasteiger partial charge in [0.15, 0.2) is 11.5 Å². The summed E-state index contributed by atoms with van der Waals surface area (Å²) in [6.45, 7) is 4.48. The summed E-state index contributed by atoms with van der Waals surface area (Å²) < 4.78 is 10.8. The minimum atomic E-state index is 0.685. The number of ether oxygens (including phenoxy) is 2. The molecule has 2 aliphatic rings. The smallest absolute Gasteiger partial charge is 0.161 e. The van der Waals surface area contributed by atoms with Gasteiger partial charge in [0.25, 0.3) is 0 Å². The number of nitrogens with one attached hydrogen (secondary N) is 1. The number of nitrogens with zero attached hydrogens (tertiary/aromatic N) is 1. The van der Waals surface area contributed by atoms with E-state index >= 15 is 0 Å². The fraction of sp³-hybridized carbons (Fsp3) is 0.625. The molecule has 110 valence electrons. The van der Waals surface area contributed by atoms with Crippen LogP contribution in [0.25, 0.3) is 0 Å². The van der Waals surface area contributed by atoms with Gasteiger partial charge in [0.05, 0.1) is 14.2 Å². The van der Waals surface area contributed by atoms with Crippen molar-refractivity contribution in [1.29, 1.82) is 0 Å². The van der Waals surface area contributed by atoms with Gasteiger partial charge in [0, 0.05) is 25.7 Å². The second-order valence-electron chi connectivity index (χ2n) is 5.70. The lowest BCUT2D eigenvalue weighted by atomic mass is 9.96. The average molecular weight is 276 g/mol. The van der Waals surface area contributed by atoms with Crippen LogP contribution in [-0.2, 0) is 13.0 Å². The summed E-state index contributed by atoms with van der Waals surface area (Å²) >= 11 is 0. The zero-order valence-electron chi connectivity index (χ0n) is 12.4. The van der Waals surface area contributed by atoms with Crippen LogP contribution in [0.1, 0.15) is 24.0 Å². The van der Waals surface area contributed by atoms with Crippen LogP contribution in [0.5, 0.6) is 11.5 Å². The lowest BCUT2D eigenvalue weighted by molar-refractivity contribution is 0.150. The largest absolute Gasteiger partial charge is 0.493 e. The van der Waals surface area contributed by atoms with Crippen LogP contribution < -0.4 is 14.8 Å². The third-order valence-electron chi connectivity index (χ3n) is 4.53. The van der Waals surface area contributed by atoms with Crippen LogP contribution in [0.2, 0.25) is 0 Å². The topological polar surface area (TPSA) is 33.7 Å². The molecule has 1 aromatic rings. The molecule has 0 spiro atoms. The summed E-state index contributed by atoms with van der Waals surface area (Å²) in [5.74, 6) is 1.69. The van der Waals surface area contributed by atoms with Crippen LogP contribution in [0.3, 0.4) is 0 Å². The predicted molar refractivity (Wildman–Crippen MR) is 79.6 cm³/mol. The minimum absolute atomic E-state index is 0.685. The lowest BCUT2D eigenvalue weighted by Gasteiger charge is -2.38. The quantitative estimate of drug-likeness (QED) is 0.913. The van der Waals surface area contributed by atoms with E-state index in [1.54, 1.807) is 14.2 Å². The highest BCUT2D eigenvalue weighted by Gasteiger charge is 2.25. The number of fused-ring (bicyclic) bond motifs is 1. The highest BCUT2D eigenvalue weighted by molar-refractivity contribution is 5.48. The van der Waals surface area contributed by atoms with E-state index in [9.17, 15) is 0 Å². The van der Waals surface area contributed by atoms with Gasteiger partial charge in [0.2, 0.25) is 0 Å². The summed E-state index contributed by atoms with van der Waals surface area (Å²) in [5.41, 5.74) is 2.79. The Hall–Kier alpha value is -1.26. The fourth-order valence-electron chi connectivity index (χ4n) is 3.36. The highest BCUT2D eigenvalue weighted by atomic mass is 16.5. The number of methoxy groups -OCH3 is 2. The van der Waals surface area contributed by atoms with Crippen molar-refractivity contribution in [2.45, 2.75) is 31.8 Å². The third kappa shape index (κ3) is 2.63. The van der Waals surface area contributed by atoms with E-state index in [0.717, 1.165) is 37.6 Å². The highest BCUT2D eigenvalue weighted by Crippen LogP contribution is 2.33. The predicted octanol–water partition coefficient (Wildman–Crippen LogP) is 1.81. The van der Waals surface area contributed by atoms with Gasteiger partial charge in [-0.25, -0.2) is 0 Å². The van der Waals surface area contributed by atoms with Crippen molar-refractivity contribution in [2.75, 3.05) is 33.9 Å². The molecule has 0 bridgehead atoms. The Bertz CT molecular complexity index is 470. The molecular formula is C16H24N2O2. The van der Waals surface area contributed by atoms with Crippen molar-refractivity contribution >= 4 is 0 Å². The maximum atomic E-state index is 5.43. The summed E-state index contributed by atoms with van der Waals surface area (Å²) in [6, 6.07) is 4.98. The molecule has 1 N–H and O–H groups in total. The SMILES string of the molecule is COc1cc2c(cc1OC)CN([C@H]1CCCNC1)CC2. The molecule has 2 heterocycles. The zero-order valence-corrected chi connectivity index (χ0v) is 12.4. The Labute approximate surface area is 121 Å². The summed E-state index contributed by atoms with van der Waals surface area (Å²) in [7, 11) is 3.41. The van der Waals surface area contributed by atoms with E-state index in [0.29, 0.717) is 6.04 Å². The van der Waals surface area contributed by atoms with Gasteiger partial charge < -0.3 is 14.8 Å². The van der Waals surface area contributed by atoms with Gasteiger partial charge in [-0.3, -0.25) is 4.90 Å². The Morgan fingerprint density at radius 2 is 1.90 bits per heavy atom. The third-order valence-corrected chi connectivity index (χ3v) is 4.53. The fourth-order valence-corrected chi connectivity index (χ4v) is 3.36. The minimum Gasteiger partial charge on any atom is -0.493 e. The summed E-state index contributed by atoms with van der Waals surface area (Å²) in [5, 5.41) is 3.51. The molecular weight excluding hydrogens is 252 g/mol. The molecule has 0 aromatic heterocycles. The molecule has 0 saturated carbocycles. The Morgan fingerprint density at radius 3 is 2.55 bits per heavy atom. The van der Waals surface area contributed by atoms with Gasteiger partial charge in [-0.2, -0.15) is 0 Å². The summed E-state index contributed by atoms with van der Waals surface area (Å²) in [4.78, 5) is 2.61. The normalized spacial score (nSPS) is 23.2. The van der Waals surface area contributed by atoms with Gasteiger partial charge in [0.1, 0.15) is 0 Å². The molecule has 0 aliphatic carbocycles. The lowest BCUT2D eigenvalue weighted by Crippen LogP contribution is -2.47. The van der Waals surface area contributed by atoms with Gasteiger partial charge in [-0.1, -0.05) is 0 Å². The standard InChI is InChI=1S/C16H24N2O2/c1-19-15-8-12-5-7-18(14-4-3-6-17-10-14)11-13(12)9-16(15)20-2/h8-9,14,17H,3-7,10-11H2,1-2H3/t14-/m0/s1. The van der Waals surface area contributed by atoms with E-state index in [4.69, 9.17) is 9.47 Å². The van der Waals surface area contributed by atoms with Crippen LogP contribution in [0, 0.1) is 0 Å². The van der Waals surface area contributed by atoms with Crippen molar-refractivity contribution < 1.29 is 9.47 Å². The number of hydrogen-bond donors (Lipinski definition) is 1. The Morgan fingerprint density at radius 1 is 1.15 bits per heavy atom. The molecule has 1 saturated heterocycles. The van der Waals surface area contributed by atoms with E-state index in [-0.39, 0.29) is 0 Å². The number of piperidine rings is 1. The summed E-state index contributed by atoms with van der Waals surface area (Å²) in [6.07, 6.45) is 3.71. The van der Waals surface area contributed by atoms with Crippen molar-refractivity contribution in [2.24, 2.45) is 0 Å². The molecule has 4 heteroatoms. The van der Waals surface area contributed by atoms with Crippen LogP contribution in [-0.4, -0.2) is 44.8 Å². The van der Waals surface area contributed by atoms with Gasteiger partial charge in [-0.15, -0.1) is 0 Å². The molecule has 0 radical (unpaired) electrons. The second-order valence-corrected chi connectivity index (χ2v) is 5.70. The van der Waals surface area contributed by atoms with Crippen molar-refractivity contribution in [1.82, 2.24) is 10.2 Å². The first kappa shape index (κ1) is 13.7. The van der Waals surface area contributed by atoms with E-state index in [2.05, 4.69) is 22.3 Å². The molecule has 3 rings (SSSR count). The maximum absolute atomic E-state index is 5.43. The second kappa shape index (κ2) is 6.02. The number of rotatable bonds is 3. The first-order valence-corrected chi connectivity index (χ1v) is 7.50. The molecule has 0 amide bonds. The van der Waals surface area contributed by atoms with Crippen molar-refractivity contribution in [3.05, 3.63) is 23.3 Å². The molecule has 1 atom stereocenters. The number of benzene rings is 1. The van der Waals surface area contributed by atoms with Crippen molar-refractivity contribution in [3.8, 4) is 11.5 Å². The number of hydrogen-bond acceptors (Lipinski definition) is 4. The molecule has 0 unspecified atom stereocenters. The molecule has 20 heavy (non-hydrogen) atoms. The zero-order chi connectivity index (χ0) is 13.9. The van der Waals surface area contributed by atoms with E-state index < -0.39 is 0 Å². The average Bonchev–Trinajstić information content (AvgIpc) is 2.53. The molecule has 2 aliphatic heterocycles. The molecule has 1 fully saturated rings. The molecule has 4 nitrogen and oxygen atoms in total.